The van der Waals surface area contributed by atoms with Gasteiger partial charge in [-0.05, 0) is 20.3 Å². The van der Waals surface area contributed by atoms with E-state index in [-0.39, 0.29) is 5.78 Å². The molecule has 0 unspecified atom stereocenters. The van der Waals surface area contributed by atoms with E-state index in [1.807, 2.05) is 11.5 Å². The summed E-state index contributed by atoms with van der Waals surface area (Å²) in [6.45, 7) is 3.90. The third-order valence-electron chi connectivity index (χ3n) is 3.11. The number of hydrogen-bond donors (Lipinski definition) is 2. The number of aryl methyl sites for hydroxylation is 2. The van der Waals surface area contributed by atoms with Gasteiger partial charge in [0.1, 0.15) is 12.1 Å². The minimum Gasteiger partial charge on any atom is -0.387 e. The van der Waals surface area contributed by atoms with Crippen LogP contribution in [0, 0.1) is 6.92 Å². The van der Waals surface area contributed by atoms with Crippen LogP contribution in [-0.2, 0) is 11.3 Å². The number of ketones is 1. The fourth-order valence-corrected chi connectivity index (χ4v) is 2.09. The lowest BCUT2D eigenvalue weighted by atomic mass is 10.2. The SMILES string of the molecule is CC(=O)c1cn(CCCNC(=O)CO)c2nc(C)cnc12. The first-order valence-corrected chi connectivity index (χ1v) is 6.74. The zero-order chi connectivity index (χ0) is 15.4. The first-order valence-electron chi connectivity index (χ1n) is 6.74. The Morgan fingerprint density at radius 1 is 1.43 bits per heavy atom. The van der Waals surface area contributed by atoms with Crippen LogP contribution < -0.4 is 5.32 Å². The van der Waals surface area contributed by atoms with Crippen molar-refractivity contribution in [3.8, 4) is 0 Å². The highest BCUT2D eigenvalue weighted by molar-refractivity contribution is 6.04. The van der Waals surface area contributed by atoms with E-state index in [1.165, 1.54) is 6.92 Å². The Balaban J connectivity index is 2.17. The van der Waals surface area contributed by atoms with Gasteiger partial charge < -0.3 is 15.0 Å². The zero-order valence-corrected chi connectivity index (χ0v) is 12.1. The molecule has 0 fully saturated rings. The van der Waals surface area contributed by atoms with Gasteiger partial charge in [0.05, 0.1) is 11.3 Å². The summed E-state index contributed by atoms with van der Waals surface area (Å²) in [4.78, 5) is 31.3. The molecule has 7 nitrogen and oxygen atoms in total. The van der Waals surface area contributed by atoms with E-state index < -0.39 is 12.5 Å². The lowest BCUT2D eigenvalue weighted by molar-refractivity contribution is -0.123. The average Bonchev–Trinajstić information content (AvgIpc) is 2.81. The third kappa shape index (κ3) is 3.43. The molecule has 0 aliphatic carbocycles. The molecule has 2 aromatic rings. The van der Waals surface area contributed by atoms with Gasteiger partial charge in [-0.25, -0.2) is 4.98 Å². The second-order valence-electron chi connectivity index (χ2n) is 4.84. The van der Waals surface area contributed by atoms with Gasteiger partial charge in [-0.1, -0.05) is 0 Å². The first-order chi connectivity index (χ1) is 10.0. The second kappa shape index (κ2) is 6.45. The predicted molar refractivity (Wildman–Crippen MR) is 77.0 cm³/mol. The third-order valence-corrected chi connectivity index (χ3v) is 3.11. The van der Waals surface area contributed by atoms with Gasteiger partial charge in [-0.3, -0.25) is 14.6 Å². The Kier molecular flexibility index (Phi) is 4.64. The van der Waals surface area contributed by atoms with Crippen molar-refractivity contribution in [3.63, 3.8) is 0 Å². The standard InChI is InChI=1S/C14H18N4O3/c1-9-6-16-13-11(10(2)20)7-18(14(13)17-9)5-3-4-15-12(21)8-19/h6-7,19H,3-5,8H2,1-2H3,(H,15,21). The van der Waals surface area contributed by atoms with Crippen molar-refractivity contribution in [2.75, 3.05) is 13.2 Å². The van der Waals surface area contributed by atoms with E-state index in [4.69, 9.17) is 5.11 Å². The maximum Gasteiger partial charge on any atom is 0.245 e. The summed E-state index contributed by atoms with van der Waals surface area (Å²) in [6.07, 6.45) is 4.06. The van der Waals surface area contributed by atoms with Crippen LogP contribution in [0.5, 0.6) is 0 Å². The van der Waals surface area contributed by atoms with Gasteiger partial charge in [-0.2, -0.15) is 0 Å². The average molecular weight is 290 g/mol. The highest BCUT2D eigenvalue weighted by atomic mass is 16.3. The number of aromatic nitrogens is 3. The summed E-state index contributed by atoms with van der Waals surface area (Å²) >= 11 is 0. The fraction of sp³-hybridized carbons (Fsp3) is 0.429. The van der Waals surface area contributed by atoms with E-state index >= 15 is 0 Å². The van der Waals surface area contributed by atoms with Crippen molar-refractivity contribution in [1.29, 1.82) is 0 Å². The van der Waals surface area contributed by atoms with Crippen LogP contribution in [0.2, 0.25) is 0 Å². The Labute approximate surface area is 122 Å². The number of hydrogen-bond acceptors (Lipinski definition) is 5. The Bertz CT molecular complexity index is 678. The van der Waals surface area contributed by atoms with Crippen LogP contribution in [0.1, 0.15) is 29.4 Å². The lowest BCUT2D eigenvalue weighted by Gasteiger charge is -2.05. The van der Waals surface area contributed by atoms with Crippen LogP contribution in [0.15, 0.2) is 12.4 Å². The normalized spacial score (nSPS) is 10.8. The molecule has 0 aliphatic heterocycles. The summed E-state index contributed by atoms with van der Waals surface area (Å²) in [5.74, 6) is -0.446. The number of carbonyl (C=O) groups excluding carboxylic acids is 2. The van der Waals surface area contributed by atoms with Gasteiger partial charge in [0.15, 0.2) is 11.4 Å². The topological polar surface area (TPSA) is 97.1 Å². The van der Waals surface area contributed by atoms with E-state index in [9.17, 15) is 9.59 Å². The summed E-state index contributed by atoms with van der Waals surface area (Å²) in [7, 11) is 0. The van der Waals surface area contributed by atoms with Crippen molar-refractivity contribution in [2.45, 2.75) is 26.8 Å². The van der Waals surface area contributed by atoms with E-state index in [0.717, 1.165) is 5.69 Å². The molecule has 0 aliphatic rings. The number of aliphatic hydroxyl groups excluding tert-OH is 1. The summed E-state index contributed by atoms with van der Waals surface area (Å²) in [5.41, 5.74) is 2.61. The molecule has 2 N–H and O–H groups in total. The second-order valence-corrected chi connectivity index (χ2v) is 4.84. The molecular formula is C14H18N4O3. The van der Waals surface area contributed by atoms with Gasteiger partial charge in [0.2, 0.25) is 5.91 Å². The number of fused-ring (bicyclic) bond motifs is 1. The first kappa shape index (κ1) is 15.1. The molecule has 0 bridgehead atoms. The quantitative estimate of drug-likeness (QED) is 0.594. The molecule has 21 heavy (non-hydrogen) atoms. The Hall–Kier alpha value is -2.28. The minimum atomic E-state index is -0.508. The maximum atomic E-state index is 11.6. The molecule has 2 heterocycles. The molecule has 0 spiro atoms. The number of rotatable bonds is 6. The molecule has 0 saturated heterocycles. The Morgan fingerprint density at radius 3 is 2.86 bits per heavy atom. The molecular weight excluding hydrogens is 272 g/mol. The smallest absolute Gasteiger partial charge is 0.245 e. The summed E-state index contributed by atoms with van der Waals surface area (Å²) < 4.78 is 1.87. The summed E-state index contributed by atoms with van der Waals surface area (Å²) in [6, 6.07) is 0. The maximum absolute atomic E-state index is 11.6. The van der Waals surface area contributed by atoms with Gasteiger partial charge in [0, 0.05) is 25.5 Å². The van der Waals surface area contributed by atoms with Crippen molar-refractivity contribution < 1.29 is 14.7 Å². The molecule has 2 aromatic heterocycles. The molecule has 112 valence electrons. The van der Waals surface area contributed by atoms with Gasteiger partial charge >= 0.3 is 0 Å². The predicted octanol–water partition coefficient (Wildman–Crippen LogP) is 0.441. The zero-order valence-electron chi connectivity index (χ0n) is 12.1. The van der Waals surface area contributed by atoms with Crippen molar-refractivity contribution >= 4 is 22.9 Å². The summed E-state index contributed by atoms with van der Waals surface area (Å²) in [5, 5.41) is 11.2. The monoisotopic (exact) mass is 290 g/mol. The molecule has 2 rings (SSSR count). The highest BCUT2D eigenvalue weighted by Crippen LogP contribution is 2.18. The number of Topliss-reactive ketones (excluding diaryl/α,β-unsaturated/α-hetero) is 1. The van der Waals surface area contributed by atoms with Crippen molar-refractivity contribution in [3.05, 3.63) is 23.7 Å². The lowest BCUT2D eigenvalue weighted by Crippen LogP contribution is -2.27. The van der Waals surface area contributed by atoms with E-state index in [1.54, 1.807) is 12.4 Å². The van der Waals surface area contributed by atoms with Crippen LogP contribution in [0.25, 0.3) is 11.2 Å². The van der Waals surface area contributed by atoms with Gasteiger partial charge in [-0.15, -0.1) is 0 Å². The largest absolute Gasteiger partial charge is 0.387 e. The highest BCUT2D eigenvalue weighted by Gasteiger charge is 2.14. The van der Waals surface area contributed by atoms with Crippen LogP contribution in [0.3, 0.4) is 0 Å². The van der Waals surface area contributed by atoms with Gasteiger partial charge in [0.25, 0.3) is 0 Å². The van der Waals surface area contributed by atoms with Crippen molar-refractivity contribution in [1.82, 2.24) is 19.9 Å². The van der Waals surface area contributed by atoms with E-state index in [0.29, 0.717) is 36.2 Å². The number of amides is 1. The molecule has 0 atom stereocenters. The van der Waals surface area contributed by atoms with E-state index in [2.05, 4.69) is 15.3 Å². The Morgan fingerprint density at radius 2 is 2.19 bits per heavy atom. The number of nitrogens with zero attached hydrogens (tertiary/aromatic N) is 3. The molecule has 1 amide bonds. The van der Waals surface area contributed by atoms with Crippen LogP contribution in [-0.4, -0.2) is 44.5 Å². The minimum absolute atomic E-state index is 0.0505. The fourth-order valence-electron chi connectivity index (χ4n) is 2.09. The van der Waals surface area contributed by atoms with Crippen LogP contribution >= 0.6 is 0 Å². The van der Waals surface area contributed by atoms with Crippen LogP contribution in [0.4, 0.5) is 0 Å². The molecule has 0 aromatic carbocycles. The van der Waals surface area contributed by atoms with Crippen molar-refractivity contribution in [2.24, 2.45) is 0 Å². The molecule has 0 radical (unpaired) electrons. The number of nitrogens with one attached hydrogen (secondary N) is 1. The molecule has 0 saturated carbocycles. The number of aliphatic hydroxyl groups is 1. The molecule has 7 heteroatoms. The number of carbonyl (C=O) groups is 2.